The Balaban J connectivity index is 1.69. The van der Waals surface area contributed by atoms with Gasteiger partial charge in [-0.2, -0.15) is 13.2 Å². The van der Waals surface area contributed by atoms with Crippen LogP contribution in [0.1, 0.15) is 66.8 Å². The predicted molar refractivity (Wildman–Crippen MR) is 112 cm³/mol. The van der Waals surface area contributed by atoms with E-state index >= 15 is 0 Å². The molecule has 1 saturated carbocycles. The molecule has 0 saturated heterocycles. The fourth-order valence-corrected chi connectivity index (χ4v) is 4.40. The first kappa shape index (κ1) is 24.0. The number of carbonyl (C=O) groups is 1. The van der Waals surface area contributed by atoms with Crippen LogP contribution in [0.25, 0.3) is 0 Å². The highest BCUT2D eigenvalue weighted by atomic mass is 19.4. The van der Waals surface area contributed by atoms with Crippen molar-refractivity contribution in [3.63, 3.8) is 0 Å². The van der Waals surface area contributed by atoms with Gasteiger partial charge in [-0.05, 0) is 73.4 Å². The second-order valence-corrected chi connectivity index (χ2v) is 8.30. The highest BCUT2D eigenvalue weighted by Gasteiger charge is 2.35. The molecule has 3 rings (SSSR count). The number of aryl methyl sites for hydroxylation is 1. The second kappa shape index (κ2) is 9.90. The van der Waals surface area contributed by atoms with Crippen molar-refractivity contribution in [1.29, 1.82) is 0 Å². The van der Waals surface area contributed by atoms with E-state index < -0.39 is 23.5 Å². The number of carboxylic acid groups (broad SMARTS) is 1. The molecule has 174 valence electrons. The lowest BCUT2D eigenvalue weighted by Crippen LogP contribution is -2.29. The van der Waals surface area contributed by atoms with E-state index in [9.17, 15) is 22.4 Å². The summed E-state index contributed by atoms with van der Waals surface area (Å²) < 4.78 is 59.4. The van der Waals surface area contributed by atoms with Gasteiger partial charge in [-0.3, -0.25) is 4.79 Å². The minimum absolute atomic E-state index is 0.00945. The zero-order chi connectivity index (χ0) is 23.5. The average Bonchev–Trinajstić information content (AvgIpc) is 3.20. The molecule has 3 atom stereocenters. The van der Waals surface area contributed by atoms with Crippen LogP contribution in [0, 0.1) is 5.82 Å². The maximum Gasteiger partial charge on any atom is 0.416 e. The number of rotatable bonds is 8. The Kier molecular flexibility index (Phi) is 7.44. The monoisotopic (exact) mass is 453 g/mol. The van der Waals surface area contributed by atoms with Crippen LogP contribution in [0.3, 0.4) is 0 Å². The molecule has 0 aromatic heterocycles. The fourth-order valence-electron chi connectivity index (χ4n) is 4.40. The van der Waals surface area contributed by atoms with Gasteiger partial charge in [0.2, 0.25) is 0 Å². The highest BCUT2D eigenvalue weighted by molar-refractivity contribution is 5.67. The van der Waals surface area contributed by atoms with E-state index in [1.165, 1.54) is 25.3 Å². The van der Waals surface area contributed by atoms with Crippen LogP contribution in [0.4, 0.5) is 17.6 Å². The Morgan fingerprint density at radius 2 is 1.97 bits per heavy atom. The molecule has 4 nitrogen and oxygen atoms in total. The summed E-state index contributed by atoms with van der Waals surface area (Å²) in [6.07, 6.45) is -2.77. The van der Waals surface area contributed by atoms with E-state index in [0.29, 0.717) is 12.0 Å². The Morgan fingerprint density at radius 1 is 1.22 bits per heavy atom. The molecule has 2 N–H and O–H groups in total. The maximum atomic E-state index is 13.7. The summed E-state index contributed by atoms with van der Waals surface area (Å²) in [5, 5.41) is 12.3. The lowest BCUT2D eigenvalue weighted by Gasteiger charge is -2.21. The van der Waals surface area contributed by atoms with Crippen LogP contribution in [-0.2, 0) is 17.4 Å². The molecule has 1 unspecified atom stereocenters. The molecule has 0 spiro atoms. The number of aliphatic carboxylic acids is 1. The van der Waals surface area contributed by atoms with E-state index in [1.54, 1.807) is 18.2 Å². The standard InChI is InChI=1S/C24H27F4NO3/c1-14(16-6-9-21(25)22(13-16)32-2)29-19-8-5-17(11-19)18-4-3-15(7-10-23(30)31)20(12-18)24(26,27)28/h3-4,6,9,12-14,17,19,29H,5,7-8,10-11H2,1-2H3,(H,30,31)/t14-,17?,19-/m1/s1. The van der Waals surface area contributed by atoms with Crippen molar-refractivity contribution >= 4 is 5.97 Å². The zero-order valence-electron chi connectivity index (χ0n) is 18.0. The molecular weight excluding hydrogens is 426 g/mol. The summed E-state index contributed by atoms with van der Waals surface area (Å²) in [5.74, 6) is -1.41. The minimum atomic E-state index is -4.53. The molecule has 1 aliphatic carbocycles. The van der Waals surface area contributed by atoms with Crippen LogP contribution in [0.5, 0.6) is 5.75 Å². The number of methoxy groups -OCH3 is 1. The van der Waals surface area contributed by atoms with Gasteiger partial charge in [0.05, 0.1) is 12.7 Å². The van der Waals surface area contributed by atoms with Crippen LogP contribution >= 0.6 is 0 Å². The summed E-state index contributed by atoms with van der Waals surface area (Å²) in [7, 11) is 1.41. The van der Waals surface area contributed by atoms with Gasteiger partial charge in [-0.1, -0.05) is 18.2 Å². The van der Waals surface area contributed by atoms with Crippen LogP contribution in [0.2, 0.25) is 0 Å². The van der Waals surface area contributed by atoms with Crippen molar-refractivity contribution in [3.8, 4) is 5.75 Å². The first-order valence-electron chi connectivity index (χ1n) is 10.6. The molecule has 0 amide bonds. The Bertz CT molecular complexity index is 961. The Morgan fingerprint density at radius 3 is 2.62 bits per heavy atom. The highest BCUT2D eigenvalue weighted by Crippen LogP contribution is 2.40. The van der Waals surface area contributed by atoms with E-state index in [2.05, 4.69) is 5.32 Å². The van der Waals surface area contributed by atoms with Crippen molar-refractivity contribution in [2.75, 3.05) is 7.11 Å². The lowest BCUT2D eigenvalue weighted by atomic mass is 9.92. The predicted octanol–water partition coefficient (Wildman–Crippen LogP) is 5.86. The maximum absolute atomic E-state index is 13.7. The van der Waals surface area contributed by atoms with Gasteiger partial charge < -0.3 is 15.2 Å². The summed E-state index contributed by atoms with van der Waals surface area (Å²) in [6, 6.07) is 9.01. The number of ether oxygens (including phenoxy) is 1. The molecule has 0 heterocycles. The van der Waals surface area contributed by atoms with E-state index in [-0.39, 0.29) is 42.2 Å². The molecule has 0 radical (unpaired) electrons. The number of carboxylic acids is 1. The summed E-state index contributed by atoms with van der Waals surface area (Å²) in [4.78, 5) is 10.8. The van der Waals surface area contributed by atoms with Crippen LogP contribution in [-0.4, -0.2) is 24.2 Å². The minimum Gasteiger partial charge on any atom is -0.494 e. The molecule has 0 aliphatic heterocycles. The summed E-state index contributed by atoms with van der Waals surface area (Å²) in [5.41, 5.74) is 0.750. The van der Waals surface area contributed by atoms with Crippen molar-refractivity contribution in [2.45, 2.75) is 63.2 Å². The molecule has 2 aromatic rings. The van der Waals surface area contributed by atoms with Crippen molar-refractivity contribution < 1.29 is 32.2 Å². The van der Waals surface area contributed by atoms with Crippen LogP contribution in [0.15, 0.2) is 36.4 Å². The molecular formula is C24H27F4NO3. The number of nitrogens with one attached hydrogen (secondary N) is 1. The zero-order valence-corrected chi connectivity index (χ0v) is 18.0. The molecule has 1 aliphatic rings. The fraction of sp³-hybridized carbons (Fsp3) is 0.458. The lowest BCUT2D eigenvalue weighted by molar-refractivity contribution is -0.140. The van der Waals surface area contributed by atoms with Gasteiger partial charge in [0.25, 0.3) is 0 Å². The summed E-state index contributed by atoms with van der Waals surface area (Å²) in [6.45, 7) is 1.96. The third-order valence-corrected chi connectivity index (χ3v) is 6.11. The van der Waals surface area contributed by atoms with Gasteiger partial charge in [0.15, 0.2) is 11.6 Å². The second-order valence-electron chi connectivity index (χ2n) is 8.30. The van der Waals surface area contributed by atoms with Gasteiger partial charge >= 0.3 is 12.1 Å². The van der Waals surface area contributed by atoms with Crippen molar-refractivity contribution in [3.05, 3.63) is 64.5 Å². The Labute approximate surface area is 184 Å². The number of alkyl halides is 3. The third kappa shape index (κ3) is 5.79. The van der Waals surface area contributed by atoms with E-state index in [1.807, 2.05) is 6.92 Å². The van der Waals surface area contributed by atoms with Gasteiger partial charge in [0.1, 0.15) is 0 Å². The average molecular weight is 453 g/mol. The first-order valence-corrected chi connectivity index (χ1v) is 10.6. The third-order valence-electron chi connectivity index (χ3n) is 6.11. The normalized spacial score (nSPS) is 19.7. The molecule has 1 fully saturated rings. The van der Waals surface area contributed by atoms with E-state index in [0.717, 1.165) is 18.4 Å². The number of hydrogen-bond acceptors (Lipinski definition) is 3. The molecule has 8 heteroatoms. The first-order chi connectivity index (χ1) is 15.1. The number of benzene rings is 2. The topological polar surface area (TPSA) is 58.6 Å². The quantitative estimate of drug-likeness (QED) is 0.492. The smallest absolute Gasteiger partial charge is 0.416 e. The molecule has 0 bridgehead atoms. The van der Waals surface area contributed by atoms with Gasteiger partial charge in [-0.15, -0.1) is 0 Å². The largest absolute Gasteiger partial charge is 0.494 e. The Hall–Kier alpha value is -2.61. The number of hydrogen-bond donors (Lipinski definition) is 2. The SMILES string of the molecule is COc1cc([C@@H](C)N[C@@H]2CCC(c3ccc(CCC(=O)O)c(C(F)(F)F)c3)C2)ccc1F. The molecule has 2 aromatic carbocycles. The van der Waals surface area contributed by atoms with Gasteiger partial charge in [-0.25, -0.2) is 4.39 Å². The van der Waals surface area contributed by atoms with Crippen LogP contribution < -0.4 is 10.1 Å². The molecule has 32 heavy (non-hydrogen) atoms. The van der Waals surface area contributed by atoms with Crippen molar-refractivity contribution in [2.24, 2.45) is 0 Å². The summed E-state index contributed by atoms with van der Waals surface area (Å²) >= 11 is 0. The number of halogens is 4. The van der Waals surface area contributed by atoms with Crippen molar-refractivity contribution in [1.82, 2.24) is 5.32 Å². The van der Waals surface area contributed by atoms with E-state index in [4.69, 9.17) is 9.84 Å². The van der Waals surface area contributed by atoms with Gasteiger partial charge in [0, 0.05) is 18.5 Å².